The van der Waals surface area contributed by atoms with Crippen molar-refractivity contribution in [3.63, 3.8) is 0 Å². The second-order valence-corrected chi connectivity index (χ2v) is 6.28. The molecule has 4 rings (SSSR count). The number of hydrogen-bond acceptors (Lipinski definition) is 9. The third-order valence-electron chi connectivity index (χ3n) is 4.12. The van der Waals surface area contributed by atoms with E-state index in [0.29, 0.717) is 16.7 Å². The van der Waals surface area contributed by atoms with Gasteiger partial charge in [-0.25, -0.2) is 24.1 Å². The number of carbonyl (C=O) groups is 2. The Balaban J connectivity index is 1.39. The summed E-state index contributed by atoms with van der Waals surface area (Å²) in [5, 5.41) is 6.39. The van der Waals surface area contributed by atoms with Crippen molar-refractivity contribution in [1.29, 1.82) is 0 Å². The van der Waals surface area contributed by atoms with E-state index >= 15 is 0 Å². The largest absolute Gasteiger partial charge is 0.451 e. The summed E-state index contributed by atoms with van der Waals surface area (Å²) in [6, 6.07) is 5.11. The molecule has 158 valence electrons. The van der Waals surface area contributed by atoms with Crippen LogP contribution in [0.5, 0.6) is 0 Å². The molecule has 3 aromatic heterocycles. The van der Waals surface area contributed by atoms with Crippen LogP contribution in [0.1, 0.15) is 6.92 Å². The van der Waals surface area contributed by atoms with Crippen molar-refractivity contribution < 1.29 is 23.1 Å². The second-order valence-electron chi connectivity index (χ2n) is 6.28. The van der Waals surface area contributed by atoms with E-state index in [-0.39, 0.29) is 11.7 Å². The Morgan fingerprint density at radius 1 is 1.26 bits per heavy atom. The fourth-order valence-electron chi connectivity index (χ4n) is 2.60. The first kappa shape index (κ1) is 19.9. The SMILES string of the molecule is CC(OC(=O)Cn1nc(-c2ccc(F)cc2)oc1=O)C(=O)Nc1ncnc2nc[nH]c12. The van der Waals surface area contributed by atoms with E-state index < -0.39 is 36.1 Å². The molecule has 0 aliphatic heterocycles. The number of halogens is 1. The van der Waals surface area contributed by atoms with Gasteiger partial charge in [0.2, 0.25) is 5.89 Å². The fourth-order valence-corrected chi connectivity index (χ4v) is 2.60. The van der Waals surface area contributed by atoms with Gasteiger partial charge in [0.1, 0.15) is 24.2 Å². The number of nitrogens with zero attached hydrogens (tertiary/aromatic N) is 5. The van der Waals surface area contributed by atoms with E-state index in [0.717, 1.165) is 4.68 Å². The monoisotopic (exact) mass is 427 g/mol. The van der Waals surface area contributed by atoms with Crippen molar-refractivity contribution in [1.82, 2.24) is 29.7 Å². The molecule has 0 aliphatic rings. The van der Waals surface area contributed by atoms with Gasteiger partial charge in [-0.2, -0.15) is 4.68 Å². The van der Waals surface area contributed by atoms with Gasteiger partial charge in [-0.05, 0) is 31.2 Å². The number of benzene rings is 1. The summed E-state index contributed by atoms with van der Waals surface area (Å²) in [6.07, 6.45) is 1.43. The van der Waals surface area contributed by atoms with Crippen LogP contribution in [0.25, 0.3) is 22.6 Å². The minimum atomic E-state index is -1.19. The lowest BCUT2D eigenvalue weighted by atomic mass is 10.2. The van der Waals surface area contributed by atoms with Gasteiger partial charge in [-0.15, -0.1) is 5.10 Å². The number of amides is 1. The number of anilines is 1. The number of aromatic nitrogens is 6. The van der Waals surface area contributed by atoms with Crippen LogP contribution in [-0.2, 0) is 20.9 Å². The van der Waals surface area contributed by atoms with Gasteiger partial charge in [0, 0.05) is 5.56 Å². The topological polar surface area (TPSA) is 158 Å². The smallest absolute Gasteiger partial charge is 0.437 e. The summed E-state index contributed by atoms with van der Waals surface area (Å²) in [5.41, 5.74) is 1.13. The molecule has 12 nitrogen and oxygen atoms in total. The van der Waals surface area contributed by atoms with Crippen molar-refractivity contribution in [2.45, 2.75) is 19.6 Å². The molecule has 3 heterocycles. The van der Waals surface area contributed by atoms with E-state index in [2.05, 4.69) is 30.4 Å². The Bertz CT molecular complexity index is 1310. The summed E-state index contributed by atoms with van der Waals surface area (Å²) in [6.45, 7) is 0.771. The Morgan fingerprint density at radius 2 is 2.03 bits per heavy atom. The van der Waals surface area contributed by atoms with Crippen LogP contribution in [0.4, 0.5) is 10.2 Å². The maximum absolute atomic E-state index is 13.0. The van der Waals surface area contributed by atoms with Crippen LogP contribution in [0.3, 0.4) is 0 Å². The first-order valence-corrected chi connectivity index (χ1v) is 8.89. The Kier molecular flexibility index (Phi) is 5.22. The van der Waals surface area contributed by atoms with E-state index in [1.54, 1.807) is 0 Å². The van der Waals surface area contributed by atoms with Crippen molar-refractivity contribution in [3.05, 3.63) is 53.3 Å². The lowest BCUT2D eigenvalue weighted by molar-refractivity contribution is -0.154. The number of nitrogens with one attached hydrogen (secondary N) is 2. The van der Waals surface area contributed by atoms with E-state index in [9.17, 15) is 18.8 Å². The van der Waals surface area contributed by atoms with Gasteiger partial charge in [0.25, 0.3) is 5.91 Å². The molecule has 4 aromatic rings. The Labute approximate surface area is 172 Å². The van der Waals surface area contributed by atoms with E-state index in [4.69, 9.17) is 9.15 Å². The maximum Gasteiger partial charge on any atom is 0.437 e. The number of H-pyrrole nitrogens is 1. The predicted molar refractivity (Wildman–Crippen MR) is 102 cm³/mol. The number of rotatable bonds is 6. The summed E-state index contributed by atoms with van der Waals surface area (Å²) in [7, 11) is 0. The number of carbonyl (C=O) groups excluding carboxylic acids is 2. The van der Waals surface area contributed by atoms with Gasteiger partial charge < -0.3 is 19.5 Å². The fraction of sp³-hybridized carbons (Fsp3) is 0.167. The molecule has 31 heavy (non-hydrogen) atoms. The Hall–Kier alpha value is -4.42. The van der Waals surface area contributed by atoms with E-state index in [1.165, 1.54) is 43.8 Å². The second kappa shape index (κ2) is 8.14. The van der Waals surface area contributed by atoms with Crippen LogP contribution < -0.4 is 11.1 Å². The maximum atomic E-state index is 13.0. The molecular weight excluding hydrogens is 413 g/mol. The van der Waals surface area contributed by atoms with Crippen LogP contribution in [0.2, 0.25) is 0 Å². The summed E-state index contributed by atoms with van der Waals surface area (Å²) >= 11 is 0. The molecule has 0 bridgehead atoms. The van der Waals surface area contributed by atoms with Crippen LogP contribution in [-0.4, -0.2) is 47.7 Å². The summed E-state index contributed by atoms with van der Waals surface area (Å²) in [5.74, 6) is -2.82. The van der Waals surface area contributed by atoms with Crippen LogP contribution in [0, 0.1) is 5.82 Å². The number of hydrogen-bond donors (Lipinski definition) is 2. The lowest BCUT2D eigenvalue weighted by Gasteiger charge is -2.13. The van der Waals surface area contributed by atoms with Gasteiger partial charge in [-0.3, -0.25) is 9.59 Å². The molecule has 1 amide bonds. The molecule has 0 saturated carbocycles. The van der Waals surface area contributed by atoms with Crippen molar-refractivity contribution in [3.8, 4) is 11.5 Å². The molecule has 0 spiro atoms. The zero-order valence-electron chi connectivity index (χ0n) is 15.9. The molecule has 2 N–H and O–H groups in total. The molecule has 1 atom stereocenters. The highest BCUT2D eigenvalue weighted by Gasteiger charge is 2.21. The molecular formula is C18H14FN7O5. The highest BCUT2D eigenvalue weighted by atomic mass is 19.1. The highest BCUT2D eigenvalue weighted by Crippen LogP contribution is 2.16. The number of imidazole rings is 1. The standard InChI is InChI=1S/C18H14FN7O5/c1-9(16(28)24-15-13-14(21-7-20-13)22-8-23-15)30-12(27)6-26-18(29)31-17(25-26)10-2-4-11(19)5-3-10/h2-5,7-9H,6H2,1H3,(H2,20,21,22,23,24,28). The van der Waals surface area contributed by atoms with Crippen LogP contribution in [0.15, 0.2) is 46.1 Å². The third-order valence-corrected chi connectivity index (χ3v) is 4.12. The molecule has 0 aliphatic carbocycles. The zero-order valence-corrected chi connectivity index (χ0v) is 15.9. The first-order chi connectivity index (χ1) is 14.9. The van der Waals surface area contributed by atoms with E-state index in [1.807, 2.05) is 0 Å². The molecule has 1 aromatic carbocycles. The lowest BCUT2D eigenvalue weighted by Crippen LogP contribution is -2.32. The number of ether oxygens (including phenoxy) is 1. The molecule has 13 heteroatoms. The normalized spacial score (nSPS) is 11.9. The summed E-state index contributed by atoms with van der Waals surface area (Å²) < 4.78 is 23.8. The molecule has 0 saturated heterocycles. The predicted octanol–water partition coefficient (Wildman–Crippen LogP) is 0.879. The number of esters is 1. The van der Waals surface area contributed by atoms with Gasteiger partial charge in [-0.1, -0.05) is 0 Å². The highest BCUT2D eigenvalue weighted by molar-refractivity contribution is 5.99. The first-order valence-electron chi connectivity index (χ1n) is 8.89. The average Bonchev–Trinajstić information content (AvgIpc) is 3.36. The minimum absolute atomic E-state index is 0.0871. The molecule has 0 fully saturated rings. The minimum Gasteiger partial charge on any atom is -0.451 e. The van der Waals surface area contributed by atoms with Crippen LogP contribution >= 0.6 is 0 Å². The van der Waals surface area contributed by atoms with Gasteiger partial charge in [0.15, 0.2) is 17.6 Å². The molecule has 1 unspecified atom stereocenters. The van der Waals surface area contributed by atoms with Crippen molar-refractivity contribution in [2.24, 2.45) is 0 Å². The zero-order chi connectivity index (χ0) is 22.0. The number of aromatic amines is 1. The van der Waals surface area contributed by atoms with Crippen molar-refractivity contribution >= 4 is 28.9 Å². The van der Waals surface area contributed by atoms with Crippen molar-refractivity contribution in [2.75, 3.05) is 5.32 Å². The number of fused-ring (bicyclic) bond motifs is 1. The quantitative estimate of drug-likeness (QED) is 0.426. The average molecular weight is 427 g/mol. The molecule has 0 radical (unpaired) electrons. The van der Waals surface area contributed by atoms with Gasteiger partial charge >= 0.3 is 11.7 Å². The Morgan fingerprint density at radius 3 is 2.81 bits per heavy atom. The summed E-state index contributed by atoms with van der Waals surface area (Å²) in [4.78, 5) is 51.0. The van der Waals surface area contributed by atoms with Gasteiger partial charge in [0.05, 0.1) is 6.33 Å². The third kappa shape index (κ3) is 4.29.